The van der Waals surface area contributed by atoms with Gasteiger partial charge in [-0.25, -0.2) is 0 Å². The molecule has 38 nitrogen and oxygen atoms in total. The van der Waals surface area contributed by atoms with Crippen LogP contribution >= 0.6 is 25.3 Å². The molecule has 0 aromatic carbocycles. The van der Waals surface area contributed by atoms with Gasteiger partial charge in [0, 0.05) is 31.0 Å². The SMILES string of the molecule is CC[C@H](C)[C@H](NC(=O)[C@@H]1CCCN1C(=O)[C@H](C)NC(=O)[C@H](CC(N)=O)NC(=O)[C@@H](NC(=O)[C@H](CC(=O)O)NC(=O)[C@H](C)N)[C@@H](C)O)C(=O)N[C@@H](CS)C(=O)N[C@@H](CC(C)C)C(=O)N[C@@H](CS)C(=O)N[C@@H](CC(=O)O)C(=O)N[C@@H](CCC(=O)O)C(=O)N1CCC[C@H]1C(=O)NCC(=O)O. The van der Waals surface area contributed by atoms with Gasteiger partial charge in [-0.3, -0.25) is 86.3 Å². The molecule has 2 saturated heterocycles. The van der Waals surface area contributed by atoms with Gasteiger partial charge in [-0.2, -0.15) is 25.3 Å². The molecule has 2 heterocycles. The fraction of sp³-hybridized carbons (Fsp3) is 0.684. The smallest absolute Gasteiger partial charge is 0.322 e. The number of carbonyl (C=O) groups is 18. The number of amides is 14. The first-order valence-electron chi connectivity index (χ1n) is 31.0. The van der Waals surface area contributed by atoms with Crippen LogP contribution in [0.5, 0.6) is 0 Å². The van der Waals surface area contributed by atoms with Gasteiger partial charge >= 0.3 is 23.9 Å². The van der Waals surface area contributed by atoms with Gasteiger partial charge in [0.15, 0.2) is 0 Å². The molecule has 2 aliphatic rings. The minimum atomic E-state index is -1.98. The Hall–Kier alpha value is -8.92. The number of primary amides is 1. The lowest BCUT2D eigenvalue weighted by atomic mass is 9.97. The van der Waals surface area contributed by atoms with E-state index in [1.807, 2.05) is 0 Å². The highest BCUT2D eigenvalue weighted by atomic mass is 32.1. The monoisotopic (exact) mass is 1420 g/mol. The summed E-state index contributed by atoms with van der Waals surface area (Å²) in [6, 6.07) is -20.4. The van der Waals surface area contributed by atoms with Crippen LogP contribution in [0, 0.1) is 11.8 Å². The number of thiol groups is 2. The molecular weight excluding hydrogens is 1330 g/mol. The molecule has 0 aromatic heterocycles. The molecule has 97 heavy (non-hydrogen) atoms. The van der Waals surface area contributed by atoms with Crippen molar-refractivity contribution in [1.82, 2.24) is 68.3 Å². The van der Waals surface area contributed by atoms with Crippen LogP contribution in [-0.4, -0.2) is 258 Å². The zero-order chi connectivity index (χ0) is 73.9. The lowest BCUT2D eigenvalue weighted by Gasteiger charge is -2.31. The van der Waals surface area contributed by atoms with E-state index in [0.29, 0.717) is 0 Å². The lowest BCUT2D eigenvalue weighted by molar-refractivity contribution is -0.144. The van der Waals surface area contributed by atoms with Crippen LogP contribution in [0.2, 0.25) is 0 Å². The predicted octanol–water partition coefficient (Wildman–Crippen LogP) is -7.59. The molecule has 0 aliphatic carbocycles. The first-order chi connectivity index (χ1) is 45.3. The van der Waals surface area contributed by atoms with E-state index < -0.39 is 247 Å². The van der Waals surface area contributed by atoms with Gasteiger partial charge in [-0.1, -0.05) is 34.1 Å². The summed E-state index contributed by atoms with van der Waals surface area (Å²) in [7, 11) is 0. The quantitative estimate of drug-likeness (QED) is 0.0253. The summed E-state index contributed by atoms with van der Waals surface area (Å²) in [5.41, 5.74) is 10.9. The minimum Gasteiger partial charge on any atom is -0.481 e. The fourth-order valence-corrected chi connectivity index (χ4v) is 10.5. The third kappa shape index (κ3) is 27.6. The van der Waals surface area contributed by atoms with Crippen LogP contribution in [0.4, 0.5) is 0 Å². The van der Waals surface area contributed by atoms with Crippen LogP contribution in [0.15, 0.2) is 0 Å². The third-order valence-corrected chi connectivity index (χ3v) is 16.1. The van der Waals surface area contributed by atoms with Crippen LogP contribution in [0.3, 0.4) is 0 Å². The number of carboxylic acid groups (broad SMARTS) is 4. The average Bonchev–Trinajstić information content (AvgIpc) is 1.76. The predicted molar refractivity (Wildman–Crippen MR) is 342 cm³/mol. The highest BCUT2D eigenvalue weighted by Gasteiger charge is 2.43. The van der Waals surface area contributed by atoms with Gasteiger partial charge in [0.25, 0.3) is 0 Å². The first-order valence-corrected chi connectivity index (χ1v) is 32.3. The number of aliphatic carboxylic acids is 4. The van der Waals surface area contributed by atoms with Gasteiger partial charge < -0.3 is 105 Å². The minimum absolute atomic E-state index is 0.0385. The molecule has 2 fully saturated rings. The van der Waals surface area contributed by atoms with Gasteiger partial charge in [0.2, 0.25) is 82.7 Å². The average molecular weight is 1420 g/mol. The number of nitrogens with one attached hydrogen (secondary N) is 11. The van der Waals surface area contributed by atoms with Crippen molar-refractivity contribution >= 4 is 132 Å². The zero-order valence-electron chi connectivity index (χ0n) is 54.6. The second kappa shape index (κ2) is 40.6. The number of carboxylic acids is 4. The van der Waals surface area contributed by atoms with E-state index in [4.69, 9.17) is 16.6 Å². The molecule has 2 rings (SSSR count). The van der Waals surface area contributed by atoms with Gasteiger partial charge in [0.05, 0.1) is 31.4 Å². The Bertz CT molecular complexity index is 2920. The maximum atomic E-state index is 14.2. The van der Waals surface area contributed by atoms with Crippen molar-refractivity contribution in [1.29, 1.82) is 0 Å². The third-order valence-electron chi connectivity index (χ3n) is 15.4. The topological polar surface area (TPSA) is 599 Å². The summed E-state index contributed by atoms with van der Waals surface area (Å²) in [6.45, 7) is 9.27. The molecule has 40 heteroatoms. The Labute approximate surface area is 568 Å². The van der Waals surface area contributed by atoms with E-state index in [1.165, 1.54) is 13.8 Å². The summed E-state index contributed by atoms with van der Waals surface area (Å²) in [5, 5.41) is 73.3. The number of carbonyl (C=O) groups excluding carboxylic acids is 14. The second-order valence-corrected chi connectivity index (χ2v) is 24.6. The summed E-state index contributed by atoms with van der Waals surface area (Å²) >= 11 is 8.41. The highest BCUT2D eigenvalue weighted by molar-refractivity contribution is 7.80. The standard InChI is InChI=1S/C57H91N15O23S2/c1-8-25(4)43(69-53(91)37-12-10-15-71(37)56(94)27(6)61-46(84)31(18-38(59)74)66-55(93)44(28(7)73)70-49(87)33(20-41(79)80)63-45(83)26(5)58)54(92)68-35(23-97)51(89)64-30(17-24(2)3)47(85)67-34(22-96)50(88)65-32(19-40(77)78)48(86)62-29(13-14-39(75)76)57(95)72-16-9-11-36(72)52(90)60-21-42(81)82/h24-37,43-44,73,96-97H,8-23,58H2,1-7H3,(H2,59,74)(H,60,90)(H,61,84)(H,62,86)(H,63,83)(H,64,89)(H,65,88)(H,66,93)(H,67,85)(H,68,92)(H,69,91)(H,70,87)(H,75,76)(H,77,78)(H,79,80)(H,81,82)/t25-,26-,27-,28+,29-,30-,31-,32-,33-,34-,35-,36-,37-,43-,44-/m0/s1. The number of likely N-dealkylation sites (tertiary alicyclic amines) is 2. The number of nitrogens with zero attached hydrogens (tertiary/aromatic N) is 2. The maximum absolute atomic E-state index is 14.2. The number of hydrogen-bond acceptors (Lipinski definition) is 22. The number of nitrogens with two attached hydrogens (primary N) is 2. The molecule has 14 amide bonds. The molecule has 2 aliphatic heterocycles. The summed E-state index contributed by atoms with van der Waals surface area (Å²) in [6.07, 6.45) is -5.18. The molecule has 0 bridgehead atoms. The lowest BCUT2D eigenvalue weighted by Crippen LogP contribution is -2.62. The molecule has 0 radical (unpaired) electrons. The van der Waals surface area contributed by atoms with Crippen molar-refractivity contribution in [2.24, 2.45) is 23.3 Å². The van der Waals surface area contributed by atoms with Crippen molar-refractivity contribution in [3.05, 3.63) is 0 Å². The van der Waals surface area contributed by atoms with Crippen molar-refractivity contribution in [2.75, 3.05) is 31.1 Å². The summed E-state index contributed by atoms with van der Waals surface area (Å²) in [4.78, 5) is 237. The van der Waals surface area contributed by atoms with Crippen molar-refractivity contribution in [3.63, 3.8) is 0 Å². The number of aliphatic hydroxyl groups excluding tert-OH is 1. The Morgan fingerprint density at radius 2 is 0.887 bits per heavy atom. The van der Waals surface area contributed by atoms with E-state index in [1.54, 1.807) is 27.7 Å². The van der Waals surface area contributed by atoms with Crippen molar-refractivity contribution in [2.45, 2.75) is 204 Å². The van der Waals surface area contributed by atoms with E-state index in [-0.39, 0.29) is 57.5 Å². The largest absolute Gasteiger partial charge is 0.481 e. The van der Waals surface area contributed by atoms with E-state index in [0.717, 1.165) is 16.7 Å². The molecule has 20 N–H and O–H groups in total. The Morgan fingerprint density at radius 1 is 0.474 bits per heavy atom. The van der Waals surface area contributed by atoms with Crippen LogP contribution in [-0.2, 0) is 86.3 Å². The summed E-state index contributed by atoms with van der Waals surface area (Å²) in [5.74, 6) is -22.5. The Balaban J connectivity index is 2.28. The molecule has 0 aromatic rings. The number of rotatable bonds is 41. The van der Waals surface area contributed by atoms with E-state index >= 15 is 0 Å². The van der Waals surface area contributed by atoms with Gasteiger partial charge in [-0.05, 0) is 71.1 Å². The van der Waals surface area contributed by atoms with E-state index in [2.05, 4.69) is 83.7 Å². The Morgan fingerprint density at radius 3 is 1.35 bits per heavy atom. The first kappa shape index (κ1) is 84.2. The van der Waals surface area contributed by atoms with Crippen molar-refractivity contribution < 1.29 is 112 Å². The molecule has 0 unspecified atom stereocenters. The zero-order valence-corrected chi connectivity index (χ0v) is 56.4. The second-order valence-electron chi connectivity index (χ2n) is 23.8. The number of aliphatic hydroxyl groups is 1. The molecular formula is C57H91N15O23S2. The van der Waals surface area contributed by atoms with Crippen LogP contribution < -0.4 is 70.0 Å². The van der Waals surface area contributed by atoms with Gasteiger partial charge in [0.1, 0.15) is 79.0 Å². The molecule has 544 valence electrons. The Kier molecular flexibility index (Phi) is 35.2. The van der Waals surface area contributed by atoms with E-state index in [9.17, 15) is 107 Å². The number of hydrogen-bond donors (Lipinski definition) is 20. The van der Waals surface area contributed by atoms with Crippen LogP contribution in [0.1, 0.15) is 119 Å². The molecule has 15 atom stereocenters. The molecule has 0 saturated carbocycles. The summed E-state index contributed by atoms with van der Waals surface area (Å²) < 4.78 is 0. The van der Waals surface area contributed by atoms with Gasteiger partial charge in [-0.15, -0.1) is 0 Å². The fourth-order valence-electron chi connectivity index (χ4n) is 10.0. The van der Waals surface area contributed by atoms with Crippen molar-refractivity contribution in [3.8, 4) is 0 Å². The highest BCUT2D eigenvalue weighted by Crippen LogP contribution is 2.22. The maximum Gasteiger partial charge on any atom is 0.322 e. The normalized spacial score (nSPS) is 18.3. The molecule has 0 spiro atoms. The van der Waals surface area contributed by atoms with Crippen LogP contribution in [0.25, 0.3) is 0 Å².